The van der Waals surface area contributed by atoms with Crippen LogP contribution in [0.1, 0.15) is 31.4 Å². The van der Waals surface area contributed by atoms with Crippen molar-refractivity contribution >= 4 is 27.6 Å². The predicted octanol–water partition coefficient (Wildman–Crippen LogP) is 3.59. The number of nitrogens with one attached hydrogen (secondary N) is 2. The highest BCUT2D eigenvalue weighted by Crippen LogP contribution is 2.25. The highest BCUT2D eigenvalue weighted by Gasteiger charge is 2.16. The van der Waals surface area contributed by atoms with Gasteiger partial charge in [0.2, 0.25) is 0 Å². The van der Waals surface area contributed by atoms with Crippen LogP contribution in [0.15, 0.2) is 16.6 Å². The van der Waals surface area contributed by atoms with Crippen LogP contribution in [-0.2, 0) is 0 Å². The molecule has 1 atom stereocenters. The molecule has 0 saturated heterocycles. The highest BCUT2D eigenvalue weighted by atomic mass is 79.9. The van der Waals surface area contributed by atoms with Crippen LogP contribution in [0.3, 0.4) is 0 Å². The SMILES string of the molecule is Cc1cc(Br)cc(C)c1NC(=O)NC(CCO)C(C)C. The Morgan fingerprint density at radius 1 is 1.30 bits per heavy atom. The maximum atomic E-state index is 12.1. The normalized spacial score (nSPS) is 12.3. The van der Waals surface area contributed by atoms with E-state index in [1.54, 1.807) is 0 Å². The van der Waals surface area contributed by atoms with E-state index in [9.17, 15) is 4.79 Å². The van der Waals surface area contributed by atoms with Gasteiger partial charge in [-0.3, -0.25) is 0 Å². The molecule has 2 amide bonds. The van der Waals surface area contributed by atoms with Gasteiger partial charge in [0.1, 0.15) is 0 Å². The number of aliphatic hydroxyl groups is 1. The van der Waals surface area contributed by atoms with Gasteiger partial charge in [-0.1, -0.05) is 29.8 Å². The Morgan fingerprint density at radius 3 is 2.30 bits per heavy atom. The van der Waals surface area contributed by atoms with Gasteiger partial charge in [-0.15, -0.1) is 0 Å². The summed E-state index contributed by atoms with van der Waals surface area (Å²) in [6, 6.07) is 3.67. The number of rotatable bonds is 5. The van der Waals surface area contributed by atoms with Crippen molar-refractivity contribution in [3.63, 3.8) is 0 Å². The third-order valence-electron chi connectivity index (χ3n) is 3.30. The molecule has 0 aliphatic rings. The van der Waals surface area contributed by atoms with E-state index < -0.39 is 0 Å². The van der Waals surface area contributed by atoms with Crippen LogP contribution in [-0.4, -0.2) is 23.8 Å². The lowest BCUT2D eigenvalue weighted by atomic mass is 10.0. The summed E-state index contributed by atoms with van der Waals surface area (Å²) in [5.74, 6) is 0.278. The molecule has 0 bridgehead atoms. The summed E-state index contributed by atoms with van der Waals surface area (Å²) in [4.78, 5) is 12.1. The highest BCUT2D eigenvalue weighted by molar-refractivity contribution is 9.10. The molecule has 112 valence electrons. The Bertz CT molecular complexity index is 452. The summed E-state index contributed by atoms with van der Waals surface area (Å²) in [5, 5.41) is 14.8. The number of carbonyl (C=O) groups excluding carboxylic acids is 1. The topological polar surface area (TPSA) is 61.4 Å². The average molecular weight is 343 g/mol. The van der Waals surface area contributed by atoms with E-state index in [1.165, 1.54) is 0 Å². The Kier molecular flexibility index (Phi) is 6.49. The molecular formula is C15H23BrN2O2. The molecule has 4 nitrogen and oxygen atoms in total. The van der Waals surface area contributed by atoms with Gasteiger partial charge in [0, 0.05) is 22.8 Å². The van der Waals surface area contributed by atoms with Crippen molar-refractivity contribution < 1.29 is 9.90 Å². The number of benzene rings is 1. The zero-order valence-electron chi connectivity index (χ0n) is 12.5. The second kappa shape index (κ2) is 7.64. The molecule has 1 rings (SSSR count). The van der Waals surface area contributed by atoms with Crippen LogP contribution in [0.2, 0.25) is 0 Å². The van der Waals surface area contributed by atoms with E-state index in [2.05, 4.69) is 26.6 Å². The second-order valence-electron chi connectivity index (χ2n) is 5.38. The van der Waals surface area contributed by atoms with Crippen molar-refractivity contribution in [1.82, 2.24) is 5.32 Å². The number of aliphatic hydroxyl groups excluding tert-OH is 1. The van der Waals surface area contributed by atoms with Crippen molar-refractivity contribution in [3.05, 3.63) is 27.7 Å². The summed E-state index contributed by atoms with van der Waals surface area (Å²) in [5.41, 5.74) is 2.85. The molecule has 0 fully saturated rings. The van der Waals surface area contributed by atoms with Crippen LogP contribution in [0.25, 0.3) is 0 Å². The Hall–Kier alpha value is -1.07. The number of halogens is 1. The van der Waals surface area contributed by atoms with Crippen LogP contribution < -0.4 is 10.6 Å². The van der Waals surface area contributed by atoms with Gasteiger partial charge < -0.3 is 15.7 Å². The fourth-order valence-electron chi connectivity index (χ4n) is 2.14. The van der Waals surface area contributed by atoms with E-state index in [0.29, 0.717) is 6.42 Å². The fraction of sp³-hybridized carbons (Fsp3) is 0.533. The van der Waals surface area contributed by atoms with Crippen molar-refractivity contribution in [2.75, 3.05) is 11.9 Å². The fourth-order valence-corrected chi connectivity index (χ4v) is 2.82. The van der Waals surface area contributed by atoms with Gasteiger partial charge in [0.05, 0.1) is 0 Å². The van der Waals surface area contributed by atoms with Crippen LogP contribution in [0, 0.1) is 19.8 Å². The molecule has 1 aromatic rings. The second-order valence-corrected chi connectivity index (χ2v) is 6.29. The predicted molar refractivity (Wildman–Crippen MR) is 86.1 cm³/mol. The molecule has 0 aliphatic carbocycles. The number of amides is 2. The third-order valence-corrected chi connectivity index (χ3v) is 3.76. The summed E-state index contributed by atoms with van der Waals surface area (Å²) in [6.45, 7) is 8.04. The monoisotopic (exact) mass is 342 g/mol. The van der Waals surface area contributed by atoms with E-state index in [4.69, 9.17) is 5.11 Å². The molecule has 3 N–H and O–H groups in total. The van der Waals surface area contributed by atoms with Crippen molar-refractivity contribution in [2.24, 2.45) is 5.92 Å². The van der Waals surface area contributed by atoms with E-state index >= 15 is 0 Å². The Labute approximate surface area is 129 Å². The van der Waals surface area contributed by atoms with Crippen molar-refractivity contribution in [1.29, 1.82) is 0 Å². The first-order chi connectivity index (χ1) is 9.35. The number of urea groups is 1. The molecule has 0 saturated carbocycles. The first-order valence-corrected chi connectivity index (χ1v) is 7.59. The first kappa shape index (κ1) is 17.0. The van der Waals surface area contributed by atoms with Gasteiger partial charge in [-0.25, -0.2) is 4.79 Å². The third kappa shape index (κ3) is 4.80. The van der Waals surface area contributed by atoms with Crippen molar-refractivity contribution in [2.45, 2.75) is 40.2 Å². The zero-order valence-corrected chi connectivity index (χ0v) is 14.0. The minimum absolute atomic E-state index is 0.0314. The molecule has 20 heavy (non-hydrogen) atoms. The molecule has 5 heteroatoms. The van der Waals surface area contributed by atoms with E-state index in [1.807, 2.05) is 39.8 Å². The maximum Gasteiger partial charge on any atom is 0.319 e. The van der Waals surface area contributed by atoms with Crippen LogP contribution in [0.5, 0.6) is 0 Å². The molecular weight excluding hydrogens is 320 g/mol. The van der Waals surface area contributed by atoms with E-state index in [-0.39, 0.29) is 24.6 Å². The molecule has 0 aromatic heterocycles. The number of aryl methyl sites for hydroxylation is 2. The molecule has 1 unspecified atom stereocenters. The standard InChI is InChI=1S/C15H23BrN2O2/c1-9(2)13(5-6-19)17-15(20)18-14-10(3)7-12(16)8-11(14)4/h7-9,13,19H,5-6H2,1-4H3,(H2,17,18,20). The van der Waals surface area contributed by atoms with Crippen molar-refractivity contribution in [3.8, 4) is 0 Å². The summed E-state index contributed by atoms with van der Waals surface area (Å²) >= 11 is 3.44. The molecule has 1 aromatic carbocycles. The number of hydrogen-bond donors (Lipinski definition) is 3. The molecule has 0 heterocycles. The number of hydrogen-bond acceptors (Lipinski definition) is 2. The van der Waals surface area contributed by atoms with Gasteiger partial charge >= 0.3 is 6.03 Å². The lowest BCUT2D eigenvalue weighted by Crippen LogP contribution is -2.41. The van der Waals surface area contributed by atoms with Crippen LogP contribution >= 0.6 is 15.9 Å². The zero-order chi connectivity index (χ0) is 15.3. The van der Waals surface area contributed by atoms with Gasteiger partial charge in [-0.05, 0) is 49.4 Å². The van der Waals surface area contributed by atoms with Gasteiger partial charge in [0.15, 0.2) is 0 Å². The molecule has 0 radical (unpaired) electrons. The minimum Gasteiger partial charge on any atom is -0.396 e. The Balaban J connectivity index is 2.76. The minimum atomic E-state index is -0.231. The quantitative estimate of drug-likeness (QED) is 0.765. The van der Waals surface area contributed by atoms with E-state index in [0.717, 1.165) is 21.3 Å². The van der Waals surface area contributed by atoms with Crippen LogP contribution in [0.4, 0.5) is 10.5 Å². The summed E-state index contributed by atoms with van der Waals surface area (Å²) < 4.78 is 0.999. The summed E-state index contributed by atoms with van der Waals surface area (Å²) in [7, 11) is 0. The number of carbonyl (C=O) groups is 1. The smallest absolute Gasteiger partial charge is 0.319 e. The average Bonchev–Trinajstić information content (AvgIpc) is 2.33. The van der Waals surface area contributed by atoms with Gasteiger partial charge in [0.25, 0.3) is 0 Å². The Morgan fingerprint density at radius 2 is 1.85 bits per heavy atom. The largest absolute Gasteiger partial charge is 0.396 e. The molecule has 0 aliphatic heterocycles. The van der Waals surface area contributed by atoms with Gasteiger partial charge in [-0.2, -0.15) is 0 Å². The maximum absolute atomic E-state index is 12.1. The number of anilines is 1. The first-order valence-electron chi connectivity index (χ1n) is 6.80. The summed E-state index contributed by atoms with van der Waals surface area (Å²) in [6.07, 6.45) is 0.559. The molecule has 0 spiro atoms. The lowest BCUT2D eigenvalue weighted by molar-refractivity contribution is 0.227. The lowest BCUT2D eigenvalue weighted by Gasteiger charge is -2.22.